The molecule has 0 spiro atoms. The van der Waals surface area contributed by atoms with Crippen LogP contribution in [-0.2, 0) is 0 Å². The fourth-order valence-electron chi connectivity index (χ4n) is 1.26. The smallest absolute Gasteiger partial charge is 0.355 e. The summed E-state index contributed by atoms with van der Waals surface area (Å²) in [7, 11) is 0. The van der Waals surface area contributed by atoms with E-state index in [4.69, 9.17) is 16.7 Å². The summed E-state index contributed by atoms with van der Waals surface area (Å²) in [6, 6.07) is 3.97. The predicted octanol–water partition coefficient (Wildman–Crippen LogP) is 2.89. The van der Waals surface area contributed by atoms with Gasteiger partial charge in [0.15, 0.2) is 10.7 Å². The number of amides is 1. The minimum Gasteiger partial charge on any atom is -0.476 e. The van der Waals surface area contributed by atoms with Gasteiger partial charge in [-0.25, -0.2) is 14.2 Å². The number of nitrogens with zero attached hydrogens (tertiary/aromatic N) is 1. The van der Waals surface area contributed by atoms with E-state index in [0.717, 1.165) is 17.4 Å². The minimum absolute atomic E-state index is 0.0448. The largest absolute Gasteiger partial charge is 0.476 e. The SMILES string of the molecule is O=C(O)c1csc(C(=O)Nc2c(F)cccc2Cl)n1. The molecule has 19 heavy (non-hydrogen) atoms. The molecule has 0 bridgehead atoms. The van der Waals surface area contributed by atoms with E-state index in [1.807, 2.05) is 0 Å². The Morgan fingerprint density at radius 1 is 1.42 bits per heavy atom. The first-order valence-electron chi connectivity index (χ1n) is 4.93. The van der Waals surface area contributed by atoms with Crippen molar-refractivity contribution in [1.29, 1.82) is 0 Å². The van der Waals surface area contributed by atoms with Crippen molar-refractivity contribution >= 4 is 40.5 Å². The fraction of sp³-hybridized carbons (Fsp3) is 0. The van der Waals surface area contributed by atoms with Crippen molar-refractivity contribution in [3.05, 3.63) is 45.1 Å². The predicted molar refractivity (Wildman–Crippen MR) is 68.4 cm³/mol. The molecule has 0 aliphatic carbocycles. The quantitative estimate of drug-likeness (QED) is 0.913. The Labute approximate surface area is 115 Å². The van der Waals surface area contributed by atoms with E-state index in [2.05, 4.69) is 10.3 Å². The molecule has 0 aliphatic rings. The number of rotatable bonds is 3. The van der Waals surface area contributed by atoms with Crippen LogP contribution in [0.3, 0.4) is 0 Å². The van der Waals surface area contributed by atoms with Gasteiger partial charge in [0.1, 0.15) is 5.82 Å². The van der Waals surface area contributed by atoms with Gasteiger partial charge in [0.05, 0.1) is 10.7 Å². The van der Waals surface area contributed by atoms with Crippen LogP contribution in [0, 0.1) is 5.82 Å². The number of carboxylic acids is 1. The van der Waals surface area contributed by atoms with Crippen LogP contribution < -0.4 is 5.32 Å². The van der Waals surface area contributed by atoms with Gasteiger partial charge in [0.2, 0.25) is 0 Å². The van der Waals surface area contributed by atoms with E-state index in [-0.39, 0.29) is 21.4 Å². The zero-order valence-corrected chi connectivity index (χ0v) is 10.8. The van der Waals surface area contributed by atoms with Crippen molar-refractivity contribution in [2.75, 3.05) is 5.32 Å². The van der Waals surface area contributed by atoms with Crippen LogP contribution in [0.25, 0.3) is 0 Å². The maximum absolute atomic E-state index is 13.4. The molecular weight excluding hydrogens is 295 g/mol. The number of hydrogen-bond donors (Lipinski definition) is 2. The third kappa shape index (κ3) is 2.88. The third-order valence-corrected chi connectivity index (χ3v) is 3.27. The molecule has 0 saturated carbocycles. The number of carboxylic acid groups (broad SMARTS) is 1. The number of hydrogen-bond acceptors (Lipinski definition) is 4. The van der Waals surface area contributed by atoms with E-state index in [0.29, 0.717) is 0 Å². The van der Waals surface area contributed by atoms with Gasteiger partial charge in [-0.3, -0.25) is 4.79 Å². The van der Waals surface area contributed by atoms with E-state index < -0.39 is 17.7 Å². The van der Waals surface area contributed by atoms with Gasteiger partial charge >= 0.3 is 5.97 Å². The number of thiazole rings is 1. The topological polar surface area (TPSA) is 79.3 Å². The van der Waals surface area contributed by atoms with E-state index in [9.17, 15) is 14.0 Å². The summed E-state index contributed by atoms with van der Waals surface area (Å²) in [6.45, 7) is 0. The summed E-state index contributed by atoms with van der Waals surface area (Å²) >= 11 is 6.60. The van der Waals surface area contributed by atoms with Crippen LogP contribution >= 0.6 is 22.9 Å². The summed E-state index contributed by atoms with van der Waals surface area (Å²) in [5.74, 6) is -2.64. The first-order valence-corrected chi connectivity index (χ1v) is 6.19. The molecule has 1 aromatic heterocycles. The second kappa shape index (κ2) is 5.33. The number of nitrogens with one attached hydrogen (secondary N) is 1. The molecule has 0 aliphatic heterocycles. The number of para-hydroxylation sites is 1. The second-order valence-electron chi connectivity index (χ2n) is 3.39. The average molecular weight is 301 g/mol. The van der Waals surface area contributed by atoms with Gasteiger partial charge in [-0.15, -0.1) is 11.3 Å². The highest BCUT2D eigenvalue weighted by molar-refractivity contribution is 7.12. The summed E-state index contributed by atoms with van der Waals surface area (Å²) in [5.41, 5.74) is -0.406. The zero-order chi connectivity index (χ0) is 14.0. The highest BCUT2D eigenvalue weighted by atomic mass is 35.5. The lowest BCUT2D eigenvalue weighted by atomic mass is 10.3. The lowest BCUT2D eigenvalue weighted by Gasteiger charge is -2.06. The number of anilines is 1. The third-order valence-electron chi connectivity index (χ3n) is 2.12. The van der Waals surface area contributed by atoms with Gasteiger partial charge in [0.25, 0.3) is 5.91 Å². The molecule has 8 heteroatoms. The number of carbonyl (C=O) groups excluding carboxylic acids is 1. The molecule has 1 amide bonds. The molecule has 0 unspecified atom stereocenters. The molecule has 0 radical (unpaired) electrons. The molecule has 2 aromatic rings. The summed E-state index contributed by atoms with van der Waals surface area (Å²) in [4.78, 5) is 26.0. The Balaban J connectivity index is 2.23. The van der Waals surface area contributed by atoms with Crippen molar-refractivity contribution in [2.24, 2.45) is 0 Å². The van der Waals surface area contributed by atoms with Gasteiger partial charge < -0.3 is 10.4 Å². The molecule has 2 N–H and O–H groups in total. The minimum atomic E-state index is -1.24. The number of halogens is 2. The number of aromatic carboxylic acids is 1. The Morgan fingerprint density at radius 3 is 2.74 bits per heavy atom. The highest BCUT2D eigenvalue weighted by Crippen LogP contribution is 2.25. The van der Waals surface area contributed by atoms with E-state index in [1.54, 1.807) is 0 Å². The van der Waals surface area contributed by atoms with Gasteiger partial charge in [0, 0.05) is 5.38 Å². The number of aromatic nitrogens is 1. The monoisotopic (exact) mass is 300 g/mol. The van der Waals surface area contributed by atoms with Gasteiger partial charge in [-0.05, 0) is 12.1 Å². The molecule has 1 heterocycles. The second-order valence-corrected chi connectivity index (χ2v) is 4.66. The van der Waals surface area contributed by atoms with Crippen LogP contribution in [0.5, 0.6) is 0 Å². The maximum Gasteiger partial charge on any atom is 0.355 e. The first-order chi connectivity index (χ1) is 8.99. The van der Waals surface area contributed by atoms with E-state index >= 15 is 0 Å². The van der Waals surface area contributed by atoms with Crippen molar-refractivity contribution in [1.82, 2.24) is 4.98 Å². The van der Waals surface area contributed by atoms with Crippen LogP contribution in [0.1, 0.15) is 20.3 Å². The highest BCUT2D eigenvalue weighted by Gasteiger charge is 2.17. The van der Waals surface area contributed by atoms with Crippen molar-refractivity contribution in [3.63, 3.8) is 0 Å². The van der Waals surface area contributed by atoms with E-state index in [1.165, 1.54) is 17.5 Å². The van der Waals surface area contributed by atoms with Crippen LogP contribution in [-0.4, -0.2) is 22.0 Å². The van der Waals surface area contributed by atoms with Gasteiger partial charge in [-0.2, -0.15) is 0 Å². The molecule has 98 valence electrons. The van der Waals surface area contributed by atoms with Crippen molar-refractivity contribution in [3.8, 4) is 0 Å². The zero-order valence-electron chi connectivity index (χ0n) is 9.18. The standard InChI is InChI=1S/C11H6ClFN2O3S/c12-5-2-1-3-6(13)8(5)15-9(16)10-14-7(4-19-10)11(17)18/h1-4H,(H,15,16)(H,17,18). The molecule has 2 rings (SSSR count). The average Bonchev–Trinajstić information content (AvgIpc) is 2.83. The van der Waals surface area contributed by atoms with Crippen LogP contribution in [0.15, 0.2) is 23.6 Å². The summed E-state index contributed by atoms with van der Waals surface area (Å²) < 4.78 is 13.4. The van der Waals surface area contributed by atoms with Crippen molar-refractivity contribution in [2.45, 2.75) is 0 Å². The normalized spacial score (nSPS) is 10.2. The maximum atomic E-state index is 13.4. The lowest BCUT2D eigenvalue weighted by Crippen LogP contribution is -2.13. The first kappa shape index (κ1) is 13.4. The Morgan fingerprint density at radius 2 is 2.16 bits per heavy atom. The fourth-order valence-corrected chi connectivity index (χ4v) is 2.16. The Bertz CT molecular complexity index is 639. The van der Waals surface area contributed by atoms with Crippen molar-refractivity contribution < 1.29 is 19.1 Å². The molecule has 0 fully saturated rings. The molecule has 0 atom stereocenters. The molecular formula is C11H6ClFN2O3S. The van der Waals surface area contributed by atoms with Crippen LogP contribution in [0.2, 0.25) is 5.02 Å². The molecule has 5 nitrogen and oxygen atoms in total. The summed E-state index contributed by atoms with van der Waals surface area (Å²) in [6.07, 6.45) is 0. The molecule has 0 saturated heterocycles. The Hall–Kier alpha value is -1.99. The van der Waals surface area contributed by atoms with Crippen LogP contribution in [0.4, 0.5) is 10.1 Å². The summed E-state index contributed by atoms with van der Waals surface area (Å²) in [5, 5.41) is 12.1. The molecule has 1 aromatic carbocycles. The number of carbonyl (C=O) groups is 2. The number of benzene rings is 1. The van der Waals surface area contributed by atoms with Gasteiger partial charge in [-0.1, -0.05) is 17.7 Å². The lowest BCUT2D eigenvalue weighted by molar-refractivity contribution is 0.0691. The Kier molecular flexibility index (Phi) is 3.77.